The van der Waals surface area contributed by atoms with Crippen LogP contribution >= 0.6 is 0 Å². The van der Waals surface area contributed by atoms with E-state index >= 15 is 0 Å². The molecule has 1 amide bonds. The van der Waals surface area contributed by atoms with Crippen LogP contribution in [0.1, 0.15) is 0 Å². The van der Waals surface area contributed by atoms with Gasteiger partial charge in [-0.25, -0.2) is 0 Å². The van der Waals surface area contributed by atoms with E-state index in [1.165, 1.54) is 0 Å². The topological polar surface area (TPSA) is 41.6 Å². The van der Waals surface area contributed by atoms with Gasteiger partial charge in [-0.3, -0.25) is 10.1 Å². The molecule has 0 spiro atoms. The highest BCUT2D eigenvalue weighted by Crippen LogP contribution is 2.14. The molecule has 0 saturated carbocycles. The molecular formula is C4H4F3NO2. The summed E-state index contributed by atoms with van der Waals surface area (Å²) in [5.74, 6) is -1.12. The van der Waals surface area contributed by atoms with Crippen LogP contribution in [-0.4, -0.2) is 24.9 Å². The van der Waals surface area contributed by atoms with Gasteiger partial charge in [0.1, 0.15) is 0 Å². The van der Waals surface area contributed by atoms with E-state index in [-0.39, 0.29) is 6.61 Å². The van der Waals surface area contributed by atoms with Crippen LogP contribution in [0.25, 0.3) is 0 Å². The van der Waals surface area contributed by atoms with E-state index in [1.807, 2.05) is 0 Å². The van der Waals surface area contributed by atoms with Crippen molar-refractivity contribution < 1.29 is 22.7 Å². The highest BCUT2D eigenvalue weighted by Gasteiger charge is 2.38. The van der Waals surface area contributed by atoms with Crippen LogP contribution in [0.3, 0.4) is 0 Å². The molecule has 1 atom stereocenters. The normalized spacial score (nSPS) is 24.1. The molecule has 1 rings (SSSR count). The summed E-state index contributed by atoms with van der Waals surface area (Å²) in [6, 6.07) is 0. The Labute approximate surface area is 54.1 Å². The predicted octanol–water partition coefficient (Wildman–Crippen LogP) is 0.0212. The minimum atomic E-state index is -4.64. The first-order chi connectivity index (χ1) is 4.49. The Morgan fingerprint density at radius 2 is 2.10 bits per heavy atom. The molecule has 1 N–H and O–H groups in total. The lowest BCUT2D eigenvalue weighted by Crippen LogP contribution is -2.39. The summed E-state index contributed by atoms with van der Waals surface area (Å²) in [6.07, 6.45) is -5.52. The summed E-state index contributed by atoms with van der Waals surface area (Å²) in [7, 11) is 0. The van der Waals surface area contributed by atoms with Crippen molar-refractivity contribution in [3.05, 3.63) is 0 Å². The summed E-state index contributed by atoms with van der Waals surface area (Å²) in [4.78, 5) is 10.3. The number of halogens is 3. The van der Waals surface area contributed by atoms with Crippen LogP contribution in [0.2, 0.25) is 0 Å². The molecule has 1 saturated heterocycles. The minimum Gasteiger partial charge on any atom is -0.363 e. The molecule has 1 heterocycles. The zero-order chi connectivity index (χ0) is 7.78. The first-order valence-electron chi connectivity index (χ1n) is 2.49. The second kappa shape index (κ2) is 2.12. The van der Waals surface area contributed by atoms with Crippen LogP contribution in [0.5, 0.6) is 0 Å². The number of carbonyl (C=O) groups is 1. The van der Waals surface area contributed by atoms with Crippen molar-refractivity contribution in [2.75, 3.05) is 6.61 Å². The molecule has 0 aliphatic carbocycles. The minimum absolute atomic E-state index is 0.0852. The summed E-state index contributed by atoms with van der Waals surface area (Å²) in [5, 5.41) is 0.817. The van der Waals surface area contributed by atoms with Gasteiger partial charge in [0, 0.05) is 0 Å². The third-order valence-corrected chi connectivity index (χ3v) is 0.891. The highest BCUT2D eigenvalue weighted by molar-refractivity contribution is 5.82. The molecule has 0 bridgehead atoms. The molecule has 6 heteroatoms. The maximum Gasteiger partial charge on any atom is 0.484 e. The fraction of sp³-hybridized carbons (Fsp3) is 0.750. The Morgan fingerprint density at radius 3 is 2.40 bits per heavy atom. The molecule has 0 aromatic heterocycles. The SMILES string of the molecule is O=C(NC(F)(F)F)C1CO1. The van der Waals surface area contributed by atoms with Gasteiger partial charge in [-0.1, -0.05) is 0 Å². The van der Waals surface area contributed by atoms with Crippen LogP contribution < -0.4 is 5.32 Å². The van der Waals surface area contributed by atoms with Crippen molar-refractivity contribution in [3.63, 3.8) is 0 Å². The van der Waals surface area contributed by atoms with E-state index in [2.05, 4.69) is 4.74 Å². The number of rotatable bonds is 1. The van der Waals surface area contributed by atoms with E-state index in [9.17, 15) is 18.0 Å². The Hall–Kier alpha value is -0.780. The Bertz CT molecular complexity index is 151. The smallest absolute Gasteiger partial charge is 0.363 e. The lowest BCUT2D eigenvalue weighted by molar-refractivity contribution is -0.170. The first kappa shape index (κ1) is 7.33. The molecule has 1 fully saturated rings. The van der Waals surface area contributed by atoms with E-state index in [0.29, 0.717) is 0 Å². The second-order valence-electron chi connectivity index (χ2n) is 1.81. The number of hydrogen-bond acceptors (Lipinski definition) is 2. The van der Waals surface area contributed by atoms with E-state index in [0.717, 1.165) is 5.32 Å². The third-order valence-electron chi connectivity index (χ3n) is 0.891. The van der Waals surface area contributed by atoms with Crippen LogP contribution in [-0.2, 0) is 9.53 Å². The van der Waals surface area contributed by atoms with E-state index in [4.69, 9.17) is 0 Å². The molecule has 0 aromatic carbocycles. The number of alkyl halides is 3. The Balaban J connectivity index is 2.30. The molecule has 1 unspecified atom stereocenters. The van der Waals surface area contributed by atoms with Crippen molar-refractivity contribution in [1.82, 2.24) is 5.32 Å². The summed E-state index contributed by atoms with van der Waals surface area (Å²) < 4.78 is 38.2. The number of epoxide rings is 1. The van der Waals surface area contributed by atoms with Crippen LogP contribution in [0.4, 0.5) is 13.2 Å². The Morgan fingerprint density at radius 1 is 1.60 bits per heavy atom. The van der Waals surface area contributed by atoms with Gasteiger partial charge in [0.2, 0.25) is 0 Å². The van der Waals surface area contributed by atoms with Crippen molar-refractivity contribution >= 4 is 5.91 Å². The average molecular weight is 155 g/mol. The maximum absolute atomic E-state index is 11.3. The molecule has 0 radical (unpaired) electrons. The van der Waals surface area contributed by atoms with Gasteiger partial charge >= 0.3 is 6.30 Å². The van der Waals surface area contributed by atoms with E-state index < -0.39 is 18.3 Å². The Kier molecular flexibility index (Phi) is 1.55. The highest BCUT2D eigenvalue weighted by atomic mass is 19.4. The summed E-state index contributed by atoms with van der Waals surface area (Å²) in [5.41, 5.74) is 0. The molecule has 0 aromatic rings. The third kappa shape index (κ3) is 2.22. The van der Waals surface area contributed by atoms with Crippen molar-refractivity contribution in [3.8, 4) is 0 Å². The summed E-state index contributed by atoms with van der Waals surface area (Å²) in [6.45, 7) is 0.0852. The second-order valence-corrected chi connectivity index (χ2v) is 1.81. The number of nitrogens with one attached hydrogen (secondary N) is 1. The number of ether oxygens (including phenoxy) is 1. The van der Waals surface area contributed by atoms with Gasteiger partial charge in [-0.05, 0) is 0 Å². The lowest BCUT2D eigenvalue weighted by atomic mass is 10.4. The number of carbonyl (C=O) groups excluding carboxylic acids is 1. The number of hydrogen-bond donors (Lipinski definition) is 1. The quantitative estimate of drug-likeness (QED) is 0.428. The zero-order valence-electron chi connectivity index (χ0n) is 4.73. The van der Waals surface area contributed by atoms with Gasteiger partial charge in [0.25, 0.3) is 5.91 Å². The fourth-order valence-corrected chi connectivity index (χ4v) is 0.420. The average Bonchev–Trinajstić information content (AvgIpc) is 2.35. The fourth-order valence-electron chi connectivity index (χ4n) is 0.420. The van der Waals surface area contributed by atoms with Gasteiger partial charge < -0.3 is 4.74 Å². The molecule has 1 aliphatic rings. The van der Waals surface area contributed by atoms with Crippen molar-refractivity contribution in [1.29, 1.82) is 0 Å². The van der Waals surface area contributed by atoms with Crippen LogP contribution in [0.15, 0.2) is 0 Å². The lowest BCUT2D eigenvalue weighted by Gasteiger charge is -2.05. The molecular weight excluding hydrogens is 151 g/mol. The zero-order valence-corrected chi connectivity index (χ0v) is 4.73. The monoisotopic (exact) mass is 155 g/mol. The maximum atomic E-state index is 11.3. The van der Waals surface area contributed by atoms with Gasteiger partial charge in [0.05, 0.1) is 6.61 Å². The molecule has 3 nitrogen and oxygen atoms in total. The van der Waals surface area contributed by atoms with Crippen molar-refractivity contribution in [2.24, 2.45) is 0 Å². The van der Waals surface area contributed by atoms with Gasteiger partial charge in [0.15, 0.2) is 6.10 Å². The molecule has 58 valence electrons. The van der Waals surface area contributed by atoms with Gasteiger partial charge in [-0.2, -0.15) is 13.2 Å². The molecule has 10 heavy (non-hydrogen) atoms. The predicted molar refractivity (Wildman–Crippen MR) is 23.9 cm³/mol. The summed E-state index contributed by atoms with van der Waals surface area (Å²) >= 11 is 0. The van der Waals surface area contributed by atoms with Gasteiger partial charge in [-0.15, -0.1) is 0 Å². The van der Waals surface area contributed by atoms with E-state index in [1.54, 1.807) is 0 Å². The molecule has 1 aliphatic heterocycles. The van der Waals surface area contributed by atoms with Crippen LogP contribution in [0, 0.1) is 0 Å². The number of amides is 1. The largest absolute Gasteiger partial charge is 0.484 e. The standard InChI is InChI=1S/C4H4F3NO2/c5-4(6,7)8-3(9)2-1-10-2/h2H,1H2,(H,8,9). The van der Waals surface area contributed by atoms with Crippen molar-refractivity contribution in [2.45, 2.75) is 12.4 Å². The first-order valence-corrected chi connectivity index (χ1v) is 2.49.